The summed E-state index contributed by atoms with van der Waals surface area (Å²) in [5.41, 5.74) is 5.41. The van der Waals surface area contributed by atoms with Crippen LogP contribution in [-0.4, -0.2) is 29.4 Å². The summed E-state index contributed by atoms with van der Waals surface area (Å²) in [7, 11) is 1.85. The zero-order valence-electron chi connectivity index (χ0n) is 10.6. The van der Waals surface area contributed by atoms with Crippen molar-refractivity contribution in [3.05, 3.63) is 16.1 Å². The summed E-state index contributed by atoms with van der Waals surface area (Å²) in [5, 5.41) is 1.05. The van der Waals surface area contributed by atoms with Gasteiger partial charge in [-0.1, -0.05) is 6.42 Å². The number of amides is 1. The second-order valence-electron chi connectivity index (χ2n) is 4.19. The molecule has 0 fully saturated rings. The number of nitrogens with two attached hydrogens (primary N) is 1. The lowest BCUT2D eigenvalue weighted by atomic mass is 10.2. The molecule has 0 aromatic carbocycles. The van der Waals surface area contributed by atoms with Crippen molar-refractivity contribution in [1.29, 1.82) is 0 Å². The van der Waals surface area contributed by atoms with E-state index in [0.29, 0.717) is 19.5 Å². The fourth-order valence-electron chi connectivity index (χ4n) is 1.59. The minimum atomic E-state index is 0.202. The van der Waals surface area contributed by atoms with E-state index in [-0.39, 0.29) is 5.91 Å². The van der Waals surface area contributed by atoms with Crippen LogP contribution in [0.25, 0.3) is 0 Å². The highest BCUT2D eigenvalue weighted by molar-refractivity contribution is 7.11. The summed E-state index contributed by atoms with van der Waals surface area (Å²) in [6.07, 6.45) is 5.44. The van der Waals surface area contributed by atoms with Crippen LogP contribution < -0.4 is 5.73 Å². The van der Waals surface area contributed by atoms with Gasteiger partial charge in [-0.2, -0.15) is 0 Å². The van der Waals surface area contributed by atoms with Crippen molar-refractivity contribution in [2.45, 2.75) is 39.2 Å². The van der Waals surface area contributed by atoms with Crippen LogP contribution in [0.5, 0.6) is 0 Å². The molecule has 4 nitrogen and oxygen atoms in total. The molecule has 0 bridgehead atoms. The Morgan fingerprint density at radius 2 is 2.24 bits per heavy atom. The van der Waals surface area contributed by atoms with E-state index in [4.69, 9.17) is 5.73 Å². The maximum atomic E-state index is 11.8. The fourth-order valence-corrected chi connectivity index (χ4v) is 2.44. The molecule has 2 N–H and O–H groups in total. The third-order valence-corrected chi connectivity index (χ3v) is 3.48. The number of aromatic nitrogens is 1. The molecule has 1 rings (SSSR count). The molecule has 96 valence electrons. The second kappa shape index (κ2) is 7.40. The molecular formula is C12H21N3OS. The Kier molecular flexibility index (Phi) is 6.15. The Labute approximate surface area is 107 Å². The first-order valence-electron chi connectivity index (χ1n) is 5.99. The molecule has 0 radical (unpaired) electrons. The van der Waals surface area contributed by atoms with Crippen LogP contribution >= 0.6 is 11.3 Å². The van der Waals surface area contributed by atoms with Gasteiger partial charge in [0.05, 0.1) is 11.6 Å². The molecule has 1 heterocycles. The molecule has 1 aromatic rings. The lowest BCUT2D eigenvalue weighted by Crippen LogP contribution is -2.25. The summed E-state index contributed by atoms with van der Waals surface area (Å²) in [6, 6.07) is 0. The molecule has 0 saturated heterocycles. The molecule has 0 aliphatic carbocycles. The zero-order chi connectivity index (χ0) is 12.7. The molecule has 0 unspecified atom stereocenters. The number of carbonyl (C=O) groups is 1. The van der Waals surface area contributed by atoms with Crippen molar-refractivity contribution < 1.29 is 4.79 Å². The summed E-state index contributed by atoms with van der Waals surface area (Å²) >= 11 is 1.64. The van der Waals surface area contributed by atoms with Gasteiger partial charge in [0, 0.05) is 24.5 Å². The van der Waals surface area contributed by atoms with E-state index in [2.05, 4.69) is 4.98 Å². The number of nitrogens with zero attached hydrogens (tertiary/aromatic N) is 2. The zero-order valence-corrected chi connectivity index (χ0v) is 11.4. The van der Waals surface area contributed by atoms with Crippen LogP contribution in [0.4, 0.5) is 0 Å². The quantitative estimate of drug-likeness (QED) is 0.757. The van der Waals surface area contributed by atoms with Gasteiger partial charge in [-0.3, -0.25) is 4.79 Å². The summed E-state index contributed by atoms with van der Waals surface area (Å²) in [6.45, 7) is 3.36. The number of carbonyl (C=O) groups excluding carboxylic acids is 1. The Hall–Kier alpha value is -0.940. The topological polar surface area (TPSA) is 59.2 Å². The molecule has 17 heavy (non-hydrogen) atoms. The average Bonchev–Trinajstić information content (AvgIpc) is 2.70. The number of hydrogen-bond donors (Lipinski definition) is 1. The van der Waals surface area contributed by atoms with Gasteiger partial charge in [0.25, 0.3) is 0 Å². The Morgan fingerprint density at radius 1 is 1.47 bits per heavy atom. The molecule has 0 aliphatic heterocycles. The van der Waals surface area contributed by atoms with Crippen molar-refractivity contribution >= 4 is 17.2 Å². The van der Waals surface area contributed by atoms with Gasteiger partial charge in [-0.05, 0) is 26.3 Å². The fraction of sp³-hybridized carbons (Fsp3) is 0.667. The largest absolute Gasteiger partial charge is 0.341 e. The van der Waals surface area contributed by atoms with Gasteiger partial charge in [0.15, 0.2) is 0 Å². The summed E-state index contributed by atoms with van der Waals surface area (Å²) in [5.74, 6) is 0.202. The first-order valence-corrected chi connectivity index (χ1v) is 6.80. The monoisotopic (exact) mass is 255 g/mol. The SMILES string of the molecule is Cc1ncc(CN(C)C(=O)CCCCCN)s1. The molecule has 1 aromatic heterocycles. The number of rotatable bonds is 7. The number of hydrogen-bond acceptors (Lipinski definition) is 4. The lowest BCUT2D eigenvalue weighted by Gasteiger charge is -2.15. The molecular weight excluding hydrogens is 234 g/mol. The Bertz CT molecular complexity index is 351. The predicted molar refractivity (Wildman–Crippen MR) is 70.8 cm³/mol. The van der Waals surface area contributed by atoms with E-state index in [1.54, 1.807) is 16.2 Å². The van der Waals surface area contributed by atoms with Gasteiger partial charge in [-0.25, -0.2) is 4.98 Å². The van der Waals surface area contributed by atoms with Crippen LogP contribution in [-0.2, 0) is 11.3 Å². The minimum Gasteiger partial charge on any atom is -0.341 e. The maximum absolute atomic E-state index is 11.8. The van der Waals surface area contributed by atoms with Crippen LogP contribution in [0, 0.1) is 6.92 Å². The average molecular weight is 255 g/mol. The summed E-state index contributed by atoms with van der Waals surface area (Å²) < 4.78 is 0. The Balaban J connectivity index is 2.27. The van der Waals surface area contributed by atoms with Crippen LogP contribution in [0.2, 0.25) is 0 Å². The number of thiazole rings is 1. The van der Waals surface area contributed by atoms with E-state index in [9.17, 15) is 4.79 Å². The van der Waals surface area contributed by atoms with Gasteiger partial charge < -0.3 is 10.6 Å². The van der Waals surface area contributed by atoms with Crippen molar-refractivity contribution in [3.63, 3.8) is 0 Å². The third kappa shape index (κ3) is 5.28. The minimum absolute atomic E-state index is 0.202. The van der Waals surface area contributed by atoms with E-state index in [0.717, 1.165) is 29.1 Å². The van der Waals surface area contributed by atoms with Crippen molar-refractivity contribution in [2.24, 2.45) is 5.73 Å². The molecule has 0 atom stereocenters. The normalized spacial score (nSPS) is 10.5. The third-order valence-electron chi connectivity index (χ3n) is 2.58. The number of unbranched alkanes of at least 4 members (excludes halogenated alkanes) is 2. The summed E-state index contributed by atoms with van der Waals surface area (Å²) in [4.78, 5) is 18.9. The Morgan fingerprint density at radius 3 is 2.82 bits per heavy atom. The van der Waals surface area contributed by atoms with Crippen molar-refractivity contribution in [3.8, 4) is 0 Å². The van der Waals surface area contributed by atoms with Gasteiger partial charge in [0.2, 0.25) is 5.91 Å². The maximum Gasteiger partial charge on any atom is 0.222 e. The smallest absolute Gasteiger partial charge is 0.222 e. The first kappa shape index (κ1) is 14.1. The second-order valence-corrected chi connectivity index (χ2v) is 5.51. The lowest BCUT2D eigenvalue weighted by molar-refractivity contribution is -0.130. The highest BCUT2D eigenvalue weighted by Crippen LogP contribution is 2.14. The van der Waals surface area contributed by atoms with Crippen molar-refractivity contribution in [2.75, 3.05) is 13.6 Å². The molecule has 1 amide bonds. The molecule has 0 spiro atoms. The molecule has 0 aliphatic rings. The van der Waals surface area contributed by atoms with Crippen LogP contribution in [0.15, 0.2) is 6.20 Å². The standard InChI is InChI=1S/C12H21N3OS/c1-10-14-8-11(17-10)9-15(2)12(16)6-4-3-5-7-13/h8H,3-7,9,13H2,1-2H3. The molecule has 0 saturated carbocycles. The van der Waals surface area contributed by atoms with Gasteiger partial charge >= 0.3 is 0 Å². The predicted octanol–water partition coefficient (Wildman–Crippen LogP) is 1.93. The first-order chi connectivity index (χ1) is 8.13. The molecule has 5 heteroatoms. The highest BCUT2D eigenvalue weighted by atomic mass is 32.1. The van der Waals surface area contributed by atoms with E-state index >= 15 is 0 Å². The van der Waals surface area contributed by atoms with E-state index in [1.165, 1.54) is 0 Å². The van der Waals surface area contributed by atoms with Crippen LogP contribution in [0.3, 0.4) is 0 Å². The van der Waals surface area contributed by atoms with Gasteiger partial charge in [0.1, 0.15) is 0 Å². The van der Waals surface area contributed by atoms with Gasteiger partial charge in [-0.15, -0.1) is 11.3 Å². The highest BCUT2D eigenvalue weighted by Gasteiger charge is 2.10. The van der Waals surface area contributed by atoms with E-state index in [1.807, 2.05) is 20.2 Å². The van der Waals surface area contributed by atoms with Crippen LogP contribution in [0.1, 0.15) is 35.6 Å². The van der Waals surface area contributed by atoms with Crippen molar-refractivity contribution in [1.82, 2.24) is 9.88 Å². The number of aryl methyl sites for hydroxylation is 1. The van der Waals surface area contributed by atoms with E-state index < -0.39 is 0 Å².